The molecule has 1 aliphatic heterocycles. The predicted molar refractivity (Wildman–Crippen MR) is 101 cm³/mol. The maximum absolute atomic E-state index is 5.97. The lowest BCUT2D eigenvalue weighted by atomic mass is 10.0. The molecule has 1 aromatic carbocycles. The summed E-state index contributed by atoms with van der Waals surface area (Å²) >= 11 is 0. The average Bonchev–Trinajstić information content (AvgIpc) is 3.07. The summed E-state index contributed by atoms with van der Waals surface area (Å²) in [6.45, 7) is 3.62. The van der Waals surface area contributed by atoms with Gasteiger partial charge in [-0.2, -0.15) is 0 Å². The van der Waals surface area contributed by atoms with Crippen molar-refractivity contribution in [3.05, 3.63) is 47.7 Å². The second kappa shape index (κ2) is 12.1. The molecule has 0 saturated heterocycles. The molecule has 0 aromatic heterocycles. The molecule has 0 N–H and O–H groups in total. The highest BCUT2D eigenvalue weighted by molar-refractivity contribution is 5.14. The highest BCUT2D eigenvalue weighted by Gasteiger charge is 2.21. The molecule has 0 radical (unpaired) electrons. The molecule has 24 heavy (non-hydrogen) atoms. The summed E-state index contributed by atoms with van der Waals surface area (Å²) in [4.78, 5) is 0. The summed E-state index contributed by atoms with van der Waals surface area (Å²) < 4.78 is 11.8. The molecule has 1 aromatic rings. The monoisotopic (exact) mass is 330 g/mol. The van der Waals surface area contributed by atoms with E-state index < -0.39 is 0 Å². The molecule has 1 heterocycles. The van der Waals surface area contributed by atoms with Crippen LogP contribution in [0.25, 0.3) is 0 Å². The van der Waals surface area contributed by atoms with Crippen molar-refractivity contribution < 1.29 is 9.47 Å². The third-order valence-corrected chi connectivity index (χ3v) is 4.72. The van der Waals surface area contributed by atoms with Crippen LogP contribution in [0, 0.1) is 0 Å². The van der Waals surface area contributed by atoms with Gasteiger partial charge in [0.2, 0.25) is 0 Å². The Morgan fingerprint density at radius 3 is 2.29 bits per heavy atom. The van der Waals surface area contributed by atoms with Gasteiger partial charge in [-0.05, 0) is 18.1 Å². The van der Waals surface area contributed by atoms with Crippen LogP contribution in [0.15, 0.2) is 42.2 Å². The zero-order chi connectivity index (χ0) is 16.9. The molecule has 0 bridgehead atoms. The molecular weight excluding hydrogens is 296 g/mol. The third-order valence-electron chi connectivity index (χ3n) is 4.72. The number of benzene rings is 1. The summed E-state index contributed by atoms with van der Waals surface area (Å²) in [5.74, 6) is 1.04. The van der Waals surface area contributed by atoms with Gasteiger partial charge in [-0.15, -0.1) is 0 Å². The fourth-order valence-electron chi connectivity index (χ4n) is 3.22. The van der Waals surface area contributed by atoms with Crippen LogP contribution in [0.5, 0.6) is 0 Å². The van der Waals surface area contributed by atoms with E-state index in [1.54, 1.807) is 0 Å². The molecule has 0 fully saturated rings. The zero-order valence-electron chi connectivity index (χ0n) is 15.3. The van der Waals surface area contributed by atoms with E-state index in [0.29, 0.717) is 13.2 Å². The lowest BCUT2D eigenvalue weighted by Gasteiger charge is -2.16. The fraction of sp³-hybridized carbons (Fsp3) is 0.636. The minimum absolute atomic E-state index is 0.179. The molecule has 1 unspecified atom stereocenters. The van der Waals surface area contributed by atoms with Crippen LogP contribution in [0.2, 0.25) is 0 Å². The molecule has 1 aliphatic rings. The lowest BCUT2D eigenvalue weighted by Crippen LogP contribution is -2.12. The number of unbranched alkanes of at least 4 members (excludes halogenated alkanes) is 8. The first-order chi connectivity index (χ1) is 11.9. The molecular formula is C22H34O2. The minimum atomic E-state index is 0.179. The predicted octanol–water partition coefficient (Wildman–Crippen LogP) is 6.41. The van der Waals surface area contributed by atoms with Gasteiger partial charge in [0.25, 0.3) is 0 Å². The van der Waals surface area contributed by atoms with E-state index in [4.69, 9.17) is 9.47 Å². The van der Waals surface area contributed by atoms with Crippen LogP contribution in [-0.2, 0) is 16.1 Å². The molecule has 0 saturated carbocycles. The highest BCUT2D eigenvalue weighted by Crippen LogP contribution is 2.23. The van der Waals surface area contributed by atoms with Crippen molar-refractivity contribution >= 4 is 0 Å². The van der Waals surface area contributed by atoms with Crippen LogP contribution >= 0.6 is 0 Å². The Balaban J connectivity index is 1.52. The molecule has 134 valence electrons. The average molecular weight is 331 g/mol. The maximum Gasteiger partial charge on any atom is 0.124 e. The van der Waals surface area contributed by atoms with Crippen molar-refractivity contribution in [3.8, 4) is 0 Å². The van der Waals surface area contributed by atoms with Gasteiger partial charge in [0.1, 0.15) is 18.5 Å². The first-order valence-corrected chi connectivity index (χ1v) is 9.88. The standard InChI is InChI=1S/C22H34O2/c1-2-3-4-5-6-7-8-9-13-16-21-22(17-18-23-21)24-19-20-14-11-10-12-15-20/h10-12,14-15,17,21H,2-9,13,16,18-19H2,1H3. The van der Waals surface area contributed by atoms with Gasteiger partial charge in [-0.1, -0.05) is 95.0 Å². The summed E-state index contributed by atoms with van der Waals surface area (Å²) in [5, 5.41) is 0. The Labute approximate surface area is 148 Å². The smallest absolute Gasteiger partial charge is 0.124 e. The molecule has 2 nitrogen and oxygen atoms in total. The van der Waals surface area contributed by atoms with E-state index in [9.17, 15) is 0 Å². The quantitative estimate of drug-likeness (QED) is 0.389. The van der Waals surface area contributed by atoms with Gasteiger partial charge in [-0.25, -0.2) is 0 Å². The van der Waals surface area contributed by atoms with E-state index in [-0.39, 0.29) is 6.10 Å². The van der Waals surface area contributed by atoms with Gasteiger partial charge in [0.05, 0.1) is 6.61 Å². The lowest BCUT2D eigenvalue weighted by molar-refractivity contribution is 0.0607. The van der Waals surface area contributed by atoms with Gasteiger partial charge >= 0.3 is 0 Å². The van der Waals surface area contributed by atoms with Crippen LogP contribution in [0.1, 0.15) is 76.7 Å². The van der Waals surface area contributed by atoms with Gasteiger partial charge in [0, 0.05) is 0 Å². The van der Waals surface area contributed by atoms with Crippen molar-refractivity contribution in [2.75, 3.05) is 6.61 Å². The van der Waals surface area contributed by atoms with Gasteiger partial charge < -0.3 is 9.47 Å². The Hall–Kier alpha value is -1.28. The number of ether oxygens (including phenoxy) is 2. The van der Waals surface area contributed by atoms with E-state index in [2.05, 4.69) is 37.3 Å². The summed E-state index contributed by atoms with van der Waals surface area (Å²) in [5.41, 5.74) is 1.21. The summed E-state index contributed by atoms with van der Waals surface area (Å²) in [6.07, 6.45) is 15.7. The normalized spacial score (nSPS) is 17.0. The largest absolute Gasteiger partial charge is 0.491 e. The SMILES string of the molecule is CCCCCCCCCCCC1OCC=C1OCc1ccccc1. The first kappa shape index (κ1) is 19.1. The van der Waals surface area contributed by atoms with Crippen LogP contribution in [0.4, 0.5) is 0 Å². The first-order valence-electron chi connectivity index (χ1n) is 9.88. The Morgan fingerprint density at radius 1 is 0.917 bits per heavy atom. The molecule has 2 rings (SSSR count). The topological polar surface area (TPSA) is 18.5 Å². The molecule has 2 heteroatoms. The van der Waals surface area contributed by atoms with Crippen molar-refractivity contribution in [1.82, 2.24) is 0 Å². The third kappa shape index (κ3) is 7.53. The van der Waals surface area contributed by atoms with Crippen LogP contribution < -0.4 is 0 Å². The van der Waals surface area contributed by atoms with Gasteiger partial charge in [-0.3, -0.25) is 0 Å². The second-order valence-corrected chi connectivity index (χ2v) is 6.82. The summed E-state index contributed by atoms with van der Waals surface area (Å²) in [7, 11) is 0. The summed E-state index contributed by atoms with van der Waals surface area (Å²) in [6, 6.07) is 10.3. The molecule has 0 amide bonds. The Morgan fingerprint density at radius 2 is 1.58 bits per heavy atom. The molecule has 0 aliphatic carbocycles. The van der Waals surface area contributed by atoms with E-state index >= 15 is 0 Å². The number of rotatable bonds is 13. The second-order valence-electron chi connectivity index (χ2n) is 6.82. The van der Waals surface area contributed by atoms with E-state index in [1.807, 2.05) is 6.07 Å². The van der Waals surface area contributed by atoms with E-state index in [0.717, 1.165) is 12.2 Å². The Kier molecular flexibility index (Phi) is 9.63. The Bertz CT molecular complexity index is 452. The number of hydrogen-bond donors (Lipinski definition) is 0. The van der Waals surface area contributed by atoms with Crippen LogP contribution in [0.3, 0.4) is 0 Å². The van der Waals surface area contributed by atoms with Crippen LogP contribution in [-0.4, -0.2) is 12.7 Å². The molecule has 0 spiro atoms. The molecule has 1 atom stereocenters. The van der Waals surface area contributed by atoms with E-state index in [1.165, 1.54) is 63.4 Å². The minimum Gasteiger partial charge on any atom is -0.491 e. The van der Waals surface area contributed by atoms with Crippen molar-refractivity contribution in [2.45, 2.75) is 83.8 Å². The number of hydrogen-bond acceptors (Lipinski definition) is 2. The van der Waals surface area contributed by atoms with Crippen molar-refractivity contribution in [2.24, 2.45) is 0 Å². The van der Waals surface area contributed by atoms with Gasteiger partial charge in [0.15, 0.2) is 0 Å². The highest BCUT2D eigenvalue weighted by atomic mass is 16.5. The van der Waals surface area contributed by atoms with Crippen molar-refractivity contribution in [1.29, 1.82) is 0 Å². The fourth-order valence-corrected chi connectivity index (χ4v) is 3.22. The van der Waals surface area contributed by atoms with Crippen molar-refractivity contribution in [3.63, 3.8) is 0 Å². The zero-order valence-corrected chi connectivity index (χ0v) is 15.3. The maximum atomic E-state index is 5.97.